The van der Waals surface area contributed by atoms with Crippen molar-refractivity contribution >= 4 is 28.1 Å². The van der Waals surface area contributed by atoms with E-state index >= 15 is 0 Å². The van der Waals surface area contributed by atoms with Gasteiger partial charge in [-0.05, 0) is 63.9 Å². The molecule has 0 saturated heterocycles. The Morgan fingerprint density at radius 1 is 1.10 bits per heavy atom. The van der Waals surface area contributed by atoms with Crippen molar-refractivity contribution in [1.82, 2.24) is 10.3 Å². The first-order chi connectivity index (χ1) is 13.8. The van der Waals surface area contributed by atoms with Crippen molar-refractivity contribution in [3.8, 4) is 5.75 Å². The molecule has 0 spiro atoms. The van der Waals surface area contributed by atoms with Crippen molar-refractivity contribution < 1.29 is 9.53 Å². The molecule has 152 valence electrons. The third-order valence-corrected chi connectivity index (χ3v) is 5.45. The topological polar surface area (TPSA) is 63.2 Å². The molecule has 0 fully saturated rings. The van der Waals surface area contributed by atoms with Crippen LogP contribution in [0.2, 0.25) is 0 Å². The fourth-order valence-corrected chi connectivity index (χ4v) is 3.85. The maximum Gasteiger partial charge on any atom is 0.263 e. The number of carbonyl (C=O) groups is 1. The zero-order valence-corrected chi connectivity index (χ0v) is 18.3. The number of aromatic nitrogens is 1. The number of thiazole rings is 1. The van der Waals surface area contributed by atoms with Gasteiger partial charge in [0, 0.05) is 12.2 Å². The Kier molecular flexibility index (Phi) is 6.54. The Morgan fingerprint density at radius 3 is 2.48 bits per heavy atom. The van der Waals surface area contributed by atoms with Gasteiger partial charge in [-0.2, -0.15) is 0 Å². The minimum Gasteiger partial charge on any atom is -0.491 e. The molecule has 0 unspecified atom stereocenters. The van der Waals surface area contributed by atoms with E-state index in [9.17, 15) is 4.79 Å². The molecule has 3 rings (SSSR count). The van der Waals surface area contributed by atoms with E-state index in [0.29, 0.717) is 11.4 Å². The molecule has 6 heteroatoms. The summed E-state index contributed by atoms with van der Waals surface area (Å²) < 4.78 is 5.65. The van der Waals surface area contributed by atoms with Crippen LogP contribution in [0.5, 0.6) is 5.75 Å². The summed E-state index contributed by atoms with van der Waals surface area (Å²) in [5.41, 5.74) is 5.10. The molecule has 0 atom stereocenters. The maximum atomic E-state index is 12.6. The van der Waals surface area contributed by atoms with Crippen molar-refractivity contribution in [1.29, 1.82) is 0 Å². The first-order valence-electron chi connectivity index (χ1n) is 9.67. The van der Waals surface area contributed by atoms with Crippen LogP contribution in [-0.4, -0.2) is 17.0 Å². The Bertz CT molecular complexity index is 994. The van der Waals surface area contributed by atoms with Gasteiger partial charge in [0.1, 0.15) is 10.6 Å². The molecule has 1 heterocycles. The normalized spacial score (nSPS) is 10.8. The van der Waals surface area contributed by atoms with E-state index < -0.39 is 0 Å². The summed E-state index contributed by atoms with van der Waals surface area (Å²) in [6.45, 7) is 10.4. The zero-order chi connectivity index (χ0) is 21.0. The third kappa shape index (κ3) is 5.57. The highest BCUT2D eigenvalue weighted by Crippen LogP contribution is 2.27. The molecular formula is C23H27N3O2S. The van der Waals surface area contributed by atoms with E-state index in [2.05, 4.69) is 41.6 Å². The number of nitrogens with one attached hydrogen (secondary N) is 2. The maximum absolute atomic E-state index is 12.6. The molecule has 0 aliphatic carbocycles. The molecule has 2 aromatic carbocycles. The molecule has 0 aliphatic rings. The minimum absolute atomic E-state index is 0.115. The highest BCUT2D eigenvalue weighted by atomic mass is 32.1. The van der Waals surface area contributed by atoms with Crippen LogP contribution in [0.4, 0.5) is 10.8 Å². The lowest BCUT2D eigenvalue weighted by Crippen LogP contribution is -2.22. The van der Waals surface area contributed by atoms with Crippen LogP contribution < -0.4 is 15.4 Å². The number of nitrogens with zero attached hydrogens (tertiary/aromatic N) is 1. The minimum atomic E-state index is -0.115. The van der Waals surface area contributed by atoms with E-state index in [-0.39, 0.29) is 12.0 Å². The van der Waals surface area contributed by atoms with Crippen LogP contribution in [0, 0.1) is 20.8 Å². The molecule has 2 N–H and O–H groups in total. The lowest BCUT2D eigenvalue weighted by atomic mass is 10.1. The second-order valence-electron chi connectivity index (χ2n) is 7.37. The van der Waals surface area contributed by atoms with E-state index in [4.69, 9.17) is 4.74 Å². The smallest absolute Gasteiger partial charge is 0.263 e. The SMILES string of the molecule is Cc1ccc(Nc2nc(C)c(C(=O)NCc3ccc(OC(C)C)cc3)s2)c(C)c1. The molecule has 0 radical (unpaired) electrons. The van der Waals surface area contributed by atoms with Gasteiger partial charge in [0.25, 0.3) is 5.91 Å². The Hall–Kier alpha value is -2.86. The number of hydrogen-bond acceptors (Lipinski definition) is 5. The summed E-state index contributed by atoms with van der Waals surface area (Å²) in [6, 6.07) is 14.0. The molecule has 1 aromatic heterocycles. The molecular weight excluding hydrogens is 382 g/mol. The van der Waals surface area contributed by atoms with Crippen LogP contribution >= 0.6 is 11.3 Å². The molecule has 5 nitrogen and oxygen atoms in total. The molecule has 3 aromatic rings. The summed E-state index contributed by atoms with van der Waals surface area (Å²) >= 11 is 1.37. The van der Waals surface area contributed by atoms with Crippen LogP contribution in [0.1, 0.15) is 45.9 Å². The van der Waals surface area contributed by atoms with Crippen LogP contribution in [-0.2, 0) is 6.54 Å². The van der Waals surface area contributed by atoms with E-state index in [1.807, 2.05) is 51.1 Å². The molecule has 0 aliphatic heterocycles. The second kappa shape index (κ2) is 9.09. The summed E-state index contributed by atoms with van der Waals surface area (Å²) in [6.07, 6.45) is 0.140. The lowest BCUT2D eigenvalue weighted by molar-refractivity contribution is 0.0954. The van der Waals surface area contributed by atoms with Gasteiger partial charge in [0.05, 0.1) is 11.8 Å². The standard InChI is InChI=1S/C23H27N3O2S/c1-14(2)28-19-9-7-18(8-10-19)13-24-22(27)21-17(5)25-23(29-21)26-20-11-6-15(3)12-16(20)4/h6-12,14H,13H2,1-5H3,(H,24,27)(H,25,26). The zero-order valence-electron chi connectivity index (χ0n) is 17.5. The Morgan fingerprint density at radius 2 is 1.83 bits per heavy atom. The fourth-order valence-electron chi connectivity index (χ4n) is 2.95. The lowest BCUT2D eigenvalue weighted by Gasteiger charge is -2.10. The van der Waals surface area contributed by atoms with Crippen molar-refractivity contribution in [2.24, 2.45) is 0 Å². The number of aryl methyl sites for hydroxylation is 3. The van der Waals surface area contributed by atoms with Gasteiger partial charge in [0.15, 0.2) is 5.13 Å². The Balaban J connectivity index is 1.62. The highest BCUT2D eigenvalue weighted by molar-refractivity contribution is 7.17. The van der Waals surface area contributed by atoms with Gasteiger partial charge < -0.3 is 15.4 Å². The van der Waals surface area contributed by atoms with E-state index in [0.717, 1.165) is 33.4 Å². The predicted molar refractivity (Wildman–Crippen MR) is 119 cm³/mol. The number of rotatable bonds is 7. The highest BCUT2D eigenvalue weighted by Gasteiger charge is 2.15. The molecule has 1 amide bonds. The van der Waals surface area contributed by atoms with Crippen molar-refractivity contribution in [2.45, 2.75) is 47.3 Å². The third-order valence-electron chi connectivity index (χ3n) is 4.37. The summed E-state index contributed by atoms with van der Waals surface area (Å²) in [5.74, 6) is 0.715. The number of ether oxygens (including phenoxy) is 1. The summed E-state index contributed by atoms with van der Waals surface area (Å²) in [4.78, 5) is 17.8. The largest absolute Gasteiger partial charge is 0.491 e. The van der Waals surface area contributed by atoms with E-state index in [1.165, 1.54) is 16.9 Å². The van der Waals surface area contributed by atoms with Crippen LogP contribution in [0.15, 0.2) is 42.5 Å². The number of amides is 1. The average Bonchev–Trinajstić information content (AvgIpc) is 3.03. The molecule has 29 heavy (non-hydrogen) atoms. The second-order valence-corrected chi connectivity index (χ2v) is 8.37. The monoisotopic (exact) mass is 409 g/mol. The number of anilines is 2. The van der Waals surface area contributed by atoms with Crippen LogP contribution in [0.3, 0.4) is 0 Å². The van der Waals surface area contributed by atoms with Crippen molar-refractivity contribution in [2.75, 3.05) is 5.32 Å². The average molecular weight is 410 g/mol. The van der Waals surface area contributed by atoms with Gasteiger partial charge in [0.2, 0.25) is 0 Å². The quantitative estimate of drug-likeness (QED) is 0.539. The van der Waals surface area contributed by atoms with E-state index in [1.54, 1.807) is 0 Å². The number of hydrogen-bond donors (Lipinski definition) is 2. The van der Waals surface area contributed by atoms with Crippen molar-refractivity contribution in [3.63, 3.8) is 0 Å². The van der Waals surface area contributed by atoms with Gasteiger partial charge in [-0.15, -0.1) is 0 Å². The molecule has 0 bridgehead atoms. The number of carbonyl (C=O) groups excluding carboxylic acids is 1. The van der Waals surface area contributed by atoms with Gasteiger partial charge in [-0.1, -0.05) is 41.2 Å². The van der Waals surface area contributed by atoms with Gasteiger partial charge in [-0.3, -0.25) is 4.79 Å². The Labute approximate surface area is 176 Å². The first kappa shape index (κ1) is 20.9. The molecule has 0 saturated carbocycles. The first-order valence-corrected chi connectivity index (χ1v) is 10.5. The van der Waals surface area contributed by atoms with Gasteiger partial charge >= 0.3 is 0 Å². The fraction of sp³-hybridized carbons (Fsp3) is 0.304. The summed E-state index contributed by atoms with van der Waals surface area (Å²) in [5, 5.41) is 7.02. The predicted octanol–water partition coefficient (Wildman–Crippen LogP) is 5.53. The summed E-state index contributed by atoms with van der Waals surface area (Å²) in [7, 11) is 0. The van der Waals surface area contributed by atoms with Crippen LogP contribution in [0.25, 0.3) is 0 Å². The van der Waals surface area contributed by atoms with Crippen molar-refractivity contribution in [3.05, 3.63) is 69.7 Å². The number of benzene rings is 2. The van der Waals surface area contributed by atoms with Gasteiger partial charge in [-0.25, -0.2) is 4.98 Å².